The zero-order valence-corrected chi connectivity index (χ0v) is 11.1. The van der Waals surface area contributed by atoms with Gasteiger partial charge in [-0.15, -0.1) is 0 Å². The van der Waals surface area contributed by atoms with Crippen molar-refractivity contribution in [2.24, 2.45) is 0 Å². The fraction of sp³-hybridized carbons (Fsp3) is 0.500. The molecule has 82 valence electrons. The smallest absolute Gasteiger partial charge is 0.0607 e. The molecule has 2 rings (SSSR count). The Labute approximate surface area is 99.8 Å². The van der Waals surface area contributed by atoms with Crippen molar-refractivity contribution in [3.63, 3.8) is 0 Å². The second kappa shape index (κ2) is 3.71. The quantitative estimate of drug-likeness (QED) is 0.839. The molecule has 3 heteroatoms. The molecular weight excluding hydrogens is 252 g/mol. The van der Waals surface area contributed by atoms with Gasteiger partial charge in [0.25, 0.3) is 0 Å². The molecule has 15 heavy (non-hydrogen) atoms. The molecule has 1 aromatic rings. The zero-order valence-electron chi connectivity index (χ0n) is 9.47. The second-order valence-corrected chi connectivity index (χ2v) is 5.49. The van der Waals surface area contributed by atoms with E-state index in [0.717, 1.165) is 17.6 Å². The van der Waals surface area contributed by atoms with E-state index in [-0.39, 0.29) is 5.54 Å². The Hall–Kier alpha value is -0.700. The molecule has 0 aliphatic carbocycles. The van der Waals surface area contributed by atoms with Crippen molar-refractivity contribution in [1.82, 2.24) is 0 Å². The number of hydrogen-bond donors (Lipinski definition) is 1. The Balaban J connectivity index is 2.47. The highest BCUT2D eigenvalue weighted by molar-refractivity contribution is 9.10. The Morgan fingerprint density at radius 2 is 2.20 bits per heavy atom. The first kappa shape index (κ1) is 10.8. The Morgan fingerprint density at radius 1 is 1.47 bits per heavy atom. The maximum absolute atomic E-state index is 3.50. The third-order valence-electron chi connectivity index (χ3n) is 3.01. The van der Waals surface area contributed by atoms with Crippen LogP contribution in [0.25, 0.3) is 0 Å². The third kappa shape index (κ3) is 1.85. The van der Waals surface area contributed by atoms with Crippen LogP contribution < -0.4 is 10.2 Å². The van der Waals surface area contributed by atoms with E-state index in [1.165, 1.54) is 11.4 Å². The molecule has 0 atom stereocenters. The molecule has 1 aliphatic rings. The average Bonchev–Trinajstić information content (AvgIpc) is 2.18. The van der Waals surface area contributed by atoms with Crippen molar-refractivity contribution < 1.29 is 0 Å². The fourth-order valence-corrected chi connectivity index (χ4v) is 2.58. The minimum absolute atomic E-state index is 0.190. The first-order valence-electron chi connectivity index (χ1n) is 5.35. The van der Waals surface area contributed by atoms with E-state index >= 15 is 0 Å². The van der Waals surface area contributed by atoms with Gasteiger partial charge < -0.3 is 10.2 Å². The van der Waals surface area contributed by atoms with Gasteiger partial charge in [-0.25, -0.2) is 0 Å². The Morgan fingerprint density at radius 3 is 2.87 bits per heavy atom. The summed E-state index contributed by atoms with van der Waals surface area (Å²) in [5.41, 5.74) is 2.72. The van der Waals surface area contributed by atoms with Gasteiger partial charge in [-0.05, 0) is 39.0 Å². The summed E-state index contributed by atoms with van der Waals surface area (Å²) in [5, 5.41) is 3.49. The van der Waals surface area contributed by atoms with Gasteiger partial charge in [-0.2, -0.15) is 0 Å². The predicted octanol–water partition coefficient (Wildman–Crippen LogP) is 3.48. The molecular formula is C12H17BrN2. The van der Waals surface area contributed by atoms with Crippen LogP contribution in [0, 0.1) is 0 Å². The van der Waals surface area contributed by atoms with Crippen LogP contribution in [0.3, 0.4) is 0 Å². The van der Waals surface area contributed by atoms with Crippen molar-refractivity contribution in [3.8, 4) is 0 Å². The second-order valence-electron chi connectivity index (χ2n) is 4.57. The van der Waals surface area contributed by atoms with Gasteiger partial charge in [0.2, 0.25) is 0 Å². The molecule has 0 saturated carbocycles. The van der Waals surface area contributed by atoms with Crippen molar-refractivity contribution in [3.05, 3.63) is 22.7 Å². The van der Waals surface area contributed by atoms with Gasteiger partial charge in [-0.3, -0.25) is 0 Å². The fourth-order valence-electron chi connectivity index (χ4n) is 2.22. The largest absolute Gasteiger partial charge is 0.381 e. The Bertz CT molecular complexity index is 374. The number of nitrogens with zero attached hydrogens (tertiary/aromatic N) is 1. The summed E-state index contributed by atoms with van der Waals surface area (Å²) in [6.45, 7) is 8.79. The van der Waals surface area contributed by atoms with Crippen molar-refractivity contribution in [2.75, 3.05) is 23.3 Å². The highest BCUT2D eigenvalue weighted by Gasteiger charge is 2.31. The van der Waals surface area contributed by atoms with Crippen molar-refractivity contribution in [1.29, 1.82) is 0 Å². The third-order valence-corrected chi connectivity index (χ3v) is 3.50. The standard InChI is InChI=1S/C12H17BrN2/c1-4-15-11-6-5-9(13)7-10(11)14-8-12(15,2)3/h5-7,14H,4,8H2,1-3H3. The number of anilines is 2. The molecule has 0 radical (unpaired) electrons. The van der Waals surface area contributed by atoms with Crippen LogP contribution >= 0.6 is 15.9 Å². The normalized spacial score (nSPS) is 18.3. The van der Waals surface area contributed by atoms with Crippen LogP contribution in [-0.4, -0.2) is 18.6 Å². The number of likely N-dealkylation sites (N-methyl/N-ethyl adjacent to an activating group) is 1. The summed E-state index contributed by atoms with van der Waals surface area (Å²) in [7, 11) is 0. The molecule has 1 aromatic carbocycles. The lowest BCUT2D eigenvalue weighted by molar-refractivity contribution is 0.480. The summed E-state index contributed by atoms with van der Waals surface area (Å²) < 4.78 is 1.13. The molecule has 1 heterocycles. The summed E-state index contributed by atoms with van der Waals surface area (Å²) in [6.07, 6.45) is 0. The van der Waals surface area contributed by atoms with Gasteiger partial charge in [0.1, 0.15) is 0 Å². The van der Waals surface area contributed by atoms with E-state index in [4.69, 9.17) is 0 Å². The summed E-state index contributed by atoms with van der Waals surface area (Å²) in [5.74, 6) is 0. The van der Waals surface area contributed by atoms with Crippen LogP contribution in [-0.2, 0) is 0 Å². The maximum atomic E-state index is 3.50. The van der Waals surface area contributed by atoms with Crippen LogP contribution in [0.5, 0.6) is 0 Å². The molecule has 1 N–H and O–H groups in total. The van der Waals surface area contributed by atoms with Gasteiger partial charge in [0.15, 0.2) is 0 Å². The van der Waals surface area contributed by atoms with Crippen molar-refractivity contribution in [2.45, 2.75) is 26.3 Å². The summed E-state index contributed by atoms with van der Waals surface area (Å²) >= 11 is 3.50. The highest BCUT2D eigenvalue weighted by Crippen LogP contribution is 2.37. The molecule has 0 fully saturated rings. The summed E-state index contributed by atoms with van der Waals surface area (Å²) in [4.78, 5) is 2.45. The minimum Gasteiger partial charge on any atom is -0.381 e. The Kier molecular flexibility index (Phi) is 2.67. The van der Waals surface area contributed by atoms with Gasteiger partial charge in [0, 0.05) is 17.6 Å². The number of benzene rings is 1. The van der Waals surface area contributed by atoms with E-state index in [1.54, 1.807) is 0 Å². The van der Waals surface area contributed by atoms with E-state index in [9.17, 15) is 0 Å². The first-order valence-corrected chi connectivity index (χ1v) is 6.15. The molecule has 1 aliphatic heterocycles. The van der Waals surface area contributed by atoms with Crippen LogP contribution in [0.4, 0.5) is 11.4 Å². The molecule has 0 spiro atoms. The number of nitrogens with one attached hydrogen (secondary N) is 1. The van der Waals surface area contributed by atoms with Gasteiger partial charge >= 0.3 is 0 Å². The summed E-state index contributed by atoms with van der Waals surface area (Å²) in [6, 6.07) is 6.43. The number of rotatable bonds is 1. The topological polar surface area (TPSA) is 15.3 Å². The van der Waals surface area contributed by atoms with Crippen molar-refractivity contribution >= 4 is 27.3 Å². The monoisotopic (exact) mass is 268 g/mol. The maximum Gasteiger partial charge on any atom is 0.0607 e. The molecule has 0 bridgehead atoms. The van der Waals surface area contributed by atoms with E-state index in [0.29, 0.717) is 0 Å². The predicted molar refractivity (Wildman–Crippen MR) is 69.7 cm³/mol. The lowest BCUT2D eigenvalue weighted by atomic mass is 9.98. The molecule has 0 amide bonds. The van der Waals surface area contributed by atoms with Crippen LogP contribution in [0.1, 0.15) is 20.8 Å². The van der Waals surface area contributed by atoms with Gasteiger partial charge in [-0.1, -0.05) is 15.9 Å². The molecule has 0 saturated heterocycles. The number of hydrogen-bond acceptors (Lipinski definition) is 2. The lowest BCUT2D eigenvalue weighted by Gasteiger charge is -2.45. The van der Waals surface area contributed by atoms with Crippen LogP contribution in [0.15, 0.2) is 22.7 Å². The van der Waals surface area contributed by atoms with E-state index in [1.807, 2.05) is 0 Å². The van der Waals surface area contributed by atoms with Crippen LogP contribution in [0.2, 0.25) is 0 Å². The molecule has 2 nitrogen and oxygen atoms in total. The average molecular weight is 269 g/mol. The van der Waals surface area contributed by atoms with E-state index in [2.05, 4.69) is 65.1 Å². The molecule has 0 aromatic heterocycles. The minimum atomic E-state index is 0.190. The SMILES string of the molecule is CCN1c2ccc(Br)cc2NCC1(C)C. The lowest BCUT2D eigenvalue weighted by Crippen LogP contribution is -2.52. The van der Waals surface area contributed by atoms with Gasteiger partial charge in [0.05, 0.1) is 16.9 Å². The molecule has 0 unspecified atom stereocenters. The first-order chi connectivity index (χ1) is 7.04. The number of halogens is 1. The highest BCUT2D eigenvalue weighted by atomic mass is 79.9. The zero-order chi connectivity index (χ0) is 11.1. The van der Waals surface area contributed by atoms with E-state index < -0.39 is 0 Å². The number of fused-ring (bicyclic) bond motifs is 1.